The van der Waals surface area contributed by atoms with Gasteiger partial charge < -0.3 is 37.0 Å². The highest BCUT2D eigenvalue weighted by Crippen LogP contribution is 2.20. The van der Waals surface area contributed by atoms with Crippen molar-refractivity contribution in [3.8, 4) is 0 Å². The Bertz CT molecular complexity index is 1190. The Morgan fingerprint density at radius 2 is 1.67 bits per heavy atom. The van der Waals surface area contributed by atoms with E-state index < -0.39 is 64.6 Å². The number of hydrogen-bond donors (Lipinski definition) is 6. The second-order valence-corrected chi connectivity index (χ2v) is 10.2. The van der Waals surface area contributed by atoms with Crippen LogP contribution in [-0.4, -0.2) is 87.7 Å². The number of nitro benzene ring substituents is 1. The van der Waals surface area contributed by atoms with Crippen LogP contribution in [0, 0.1) is 10.1 Å². The zero-order valence-corrected chi connectivity index (χ0v) is 24.2. The number of hydrogen-bond acceptors (Lipinski definition) is 9. The minimum atomic E-state index is -1.15. The predicted molar refractivity (Wildman–Crippen MR) is 153 cm³/mol. The van der Waals surface area contributed by atoms with Crippen LogP contribution in [0.25, 0.3) is 0 Å². The number of likely N-dealkylation sites (tertiary alicyclic amines) is 1. The lowest BCUT2D eigenvalue weighted by molar-refractivity contribution is -0.384. The van der Waals surface area contributed by atoms with Gasteiger partial charge in [0.15, 0.2) is 0 Å². The standard InChI is InChI=1S/C27H39N7O9/c1-16(29-22(35)12-13-23(36)37)24(38)30-17(2)27(41)33-15-5-7-21(33)26(40)32-20(6-3-4-14-28)25(39)31-18-8-10-19(11-9-18)34(42)43/h8-11,16-17,20-21H,3-7,12-15,28H2,1-2H3,(H,29,35)(H,30,38)(H,31,39)(H,32,40)(H,36,37). The summed E-state index contributed by atoms with van der Waals surface area (Å²) in [7, 11) is 0. The minimum absolute atomic E-state index is 0.142. The summed E-state index contributed by atoms with van der Waals surface area (Å²) in [5.41, 5.74) is 5.74. The van der Waals surface area contributed by atoms with Crippen LogP contribution in [0.1, 0.15) is 58.8 Å². The van der Waals surface area contributed by atoms with Crippen molar-refractivity contribution in [3.63, 3.8) is 0 Å². The quantitative estimate of drug-likeness (QED) is 0.0837. The van der Waals surface area contributed by atoms with Gasteiger partial charge in [-0.25, -0.2) is 0 Å². The third-order valence-electron chi connectivity index (χ3n) is 6.83. The molecule has 0 aromatic heterocycles. The lowest BCUT2D eigenvalue weighted by Gasteiger charge is -2.29. The number of non-ortho nitro benzene ring substituents is 1. The summed E-state index contributed by atoms with van der Waals surface area (Å²) < 4.78 is 0. The van der Waals surface area contributed by atoms with E-state index in [1.165, 1.54) is 43.0 Å². The molecular weight excluding hydrogens is 566 g/mol. The van der Waals surface area contributed by atoms with Gasteiger partial charge in [-0.2, -0.15) is 0 Å². The molecule has 0 spiro atoms. The molecule has 0 saturated carbocycles. The topological polar surface area (TPSA) is 243 Å². The molecule has 1 aromatic carbocycles. The van der Waals surface area contributed by atoms with Gasteiger partial charge in [-0.1, -0.05) is 0 Å². The van der Waals surface area contributed by atoms with Gasteiger partial charge in [0, 0.05) is 30.8 Å². The number of nitrogens with one attached hydrogen (secondary N) is 4. The maximum Gasteiger partial charge on any atom is 0.303 e. The average Bonchev–Trinajstić information content (AvgIpc) is 3.45. The molecule has 16 nitrogen and oxygen atoms in total. The predicted octanol–water partition coefficient (Wildman–Crippen LogP) is 0.0123. The monoisotopic (exact) mass is 605 g/mol. The molecule has 5 amide bonds. The van der Waals surface area contributed by atoms with E-state index in [9.17, 15) is 38.9 Å². The van der Waals surface area contributed by atoms with Crippen LogP contribution >= 0.6 is 0 Å². The Morgan fingerprint density at radius 1 is 1.00 bits per heavy atom. The number of carbonyl (C=O) groups is 6. The second-order valence-electron chi connectivity index (χ2n) is 10.2. The highest BCUT2D eigenvalue weighted by atomic mass is 16.6. The van der Waals surface area contributed by atoms with Gasteiger partial charge in [0.2, 0.25) is 29.5 Å². The van der Waals surface area contributed by atoms with Gasteiger partial charge in [-0.05, 0) is 64.6 Å². The first-order chi connectivity index (χ1) is 20.3. The van der Waals surface area contributed by atoms with E-state index in [1.54, 1.807) is 0 Å². The average molecular weight is 606 g/mol. The number of aliphatic carboxylic acids is 1. The van der Waals surface area contributed by atoms with E-state index in [2.05, 4.69) is 21.3 Å². The molecule has 1 aromatic rings. The zero-order valence-electron chi connectivity index (χ0n) is 24.2. The first-order valence-corrected chi connectivity index (χ1v) is 14.0. The molecule has 4 atom stereocenters. The maximum atomic E-state index is 13.3. The van der Waals surface area contributed by atoms with Crippen LogP contribution in [0.5, 0.6) is 0 Å². The Balaban J connectivity index is 2.02. The SMILES string of the molecule is CC(NC(=O)CCC(=O)O)C(=O)NC(C)C(=O)N1CCCC1C(=O)NC(CCCCN)C(=O)Nc1ccc([N+](=O)[O-])cc1. The summed E-state index contributed by atoms with van der Waals surface area (Å²) in [6.07, 6.45) is 1.59. The molecule has 1 aliphatic rings. The third kappa shape index (κ3) is 11.0. The van der Waals surface area contributed by atoms with Crippen molar-refractivity contribution in [2.75, 3.05) is 18.4 Å². The van der Waals surface area contributed by atoms with Gasteiger partial charge in [-0.15, -0.1) is 0 Å². The molecule has 1 aliphatic heterocycles. The van der Waals surface area contributed by atoms with E-state index >= 15 is 0 Å². The Labute approximate surface area is 248 Å². The summed E-state index contributed by atoms with van der Waals surface area (Å²) in [5, 5.41) is 29.8. The lowest BCUT2D eigenvalue weighted by atomic mass is 10.1. The van der Waals surface area contributed by atoms with E-state index in [4.69, 9.17) is 10.8 Å². The molecule has 2 rings (SSSR count). The number of carboxylic acid groups (broad SMARTS) is 1. The smallest absolute Gasteiger partial charge is 0.303 e. The Morgan fingerprint density at radius 3 is 2.28 bits per heavy atom. The first-order valence-electron chi connectivity index (χ1n) is 14.0. The summed E-state index contributed by atoms with van der Waals surface area (Å²) in [6.45, 7) is 3.48. The number of unbranched alkanes of at least 4 members (excludes halogenated alkanes) is 1. The van der Waals surface area contributed by atoms with Crippen molar-refractivity contribution in [2.45, 2.75) is 83.0 Å². The van der Waals surface area contributed by atoms with Crippen LogP contribution in [0.15, 0.2) is 24.3 Å². The van der Waals surface area contributed by atoms with Gasteiger partial charge in [0.05, 0.1) is 11.3 Å². The number of benzene rings is 1. The molecular formula is C27H39N7O9. The Hall–Kier alpha value is -4.60. The van der Waals surface area contributed by atoms with E-state index in [-0.39, 0.29) is 31.5 Å². The summed E-state index contributed by atoms with van der Waals surface area (Å²) in [6, 6.07) is 1.33. The fourth-order valence-electron chi connectivity index (χ4n) is 4.48. The molecule has 0 bridgehead atoms. The molecule has 1 heterocycles. The summed E-state index contributed by atoms with van der Waals surface area (Å²) in [4.78, 5) is 86.2. The van der Waals surface area contributed by atoms with Crippen LogP contribution in [-0.2, 0) is 28.8 Å². The zero-order chi connectivity index (χ0) is 32.1. The number of anilines is 1. The van der Waals surface area contributed by atoms with Gasteiger partial charge >= 0.3 is 5.97 Å². The number of rotatable bonds is 16. The molecule has 16 heteroatoms. The minimum Gasteiger partial charge on any atom is -0.481 e. The molecule has 43 heavy (non-hydrogen) atoms. The number of nitrogens with two attached hydrogens (primary N) is 1. The Kier molecular flexibility index (Phi) is 13.5. The molecule has 1 saturated heterocycles. The fourth-order valence-corrected chi connectivity index (χ4v) is 4.48. The van der Waals surface area contributed by atoms with E-state index in [1.807, 2.05) is 0 Å². The van der Waals surface area contributed by atoms with E-state index in [0.29, 0.717) is 37.9 Å². The molecule has 0 aliphatic carbocycles. The lowest BCUT2D eigenvalue weighted by Crippen LogP contribution is -2.56. The summed E-state index contributed by atoms with van der Waals surface area (Å²) >= 11 is 0. The normalized spacial score (nSPS) is 16.3. The van der Waals surface area contributed by atoms with Gasteiger partial charge in [0.25, 0.3) is 5.69 Å². The van der Waals surface area contributed by atoms with Crippen molar-refractivity contribution in [1.29, 1.82) is 0 Å². The highest BCUT2D eigenvalue weighted by molar-refractivity contribution is 5.99. The van der Waals surface area contributed by atoms with Crippen molar-refractivity contribution >= 4 is 46.9 Å². The van der Waals surface area contributed by atoms with Crippen LogP contribution in [0.4, 0.5) is 11.4 Å². The van der Waals surface area contributed by atoms with Crippen LogP contribution < -0.4 is 27.0 Å². The molecule has 1 fully saturated rings. The van der Waals surface area contributed by atoms with Gasteiger partial charge in [0.1, 0.15) is 24.2 Å². The maximum absolute atomic E-state index is 13.3. The van der Waals surface area contributed by atoms with Crippen LogP contribution in [0.2, 0.25) is 0 Å². The molecule has 0 radical (unpaired) electrons. The first kappa shape index (κ1) is 34.6. The number of carbonyl (C=O) groups excluding carboxylic acids is 5. The molecule has 4 unspecified atom stereocenters. The van der Waals surface area contributed by atoms with Crippen LogP contribution in [0.3, 0.4) is 0 Å². The summed E-state index contributed by atoms with van der Waals surface area (Å²) in [5.74, 6) is -4.03. The number of nitrogens with zero attached hydrogens (tertiary/aromatic N) is 2. The third-order valence-corrected chi connectivity index (χ3v) is 6.83. The number of carboxylic acids is 1. The van der Waals surface area contributed by atoms with Crippen molar-refractivity contribution in [3.05, 3.63) is 34.4 Å². The van der Waals surface area contributed by atoms with Crippen molar-refractivity contribution in [1.82, 2.24) is 20.9 Å². The highest BCUT2D eigenvalue weighted by Gasteiger charge is 2.38. The van der Waals surface area contributed by atoms with Crippen molar-refractivity contribution < 1.29 is 38.8 Å². The second kappa shape index (κ2) is 16.7. The van der Waals surface area contributed by atoms with Crippen molar-refractivity contribution in [2.24, 2.45) is 5.73 Å². The fraction of sp³-hybridized carbons (Fsp3) is 0.556. The van der Waals surface area contributed by atoms with E-state index in [0.717, 1.165) is 0 Å². The number of amides is 5. The molecule has 7 N–H and O–H groups in total. The number of nitro groups is 1. The molecule has 236 valence electrons. The van der Waals surface area contributed by atoms with Gasteiger partial charge in [-0.3, -0.25) is 38.9 Å². The largest absolute Gasteiger partial charge is 0.481 e.